The topological polar surface area (TPSA) is 66.5 Å². The van der Waals surface area contributed by atoms with Gasteiger partial charge in [-0.2, -0.15) is 4.31 Å². The molecule has 1 aliphatic carbocycles. The minimum absolute atomic E-state index is 0.174. The van der Waals surface area contributed by atoms with Crippen LogP contribution in [0.15, 0.2) is 29.2 Å². The Balaban J connectivity index is 1.82. The summed E-state index contributed by atoms with van der Waals surface area (Å²) >= 11 is 5.79. The van der Waals surface area contributed by atoms with Crippen LogP contribution in [-0.2, 0) is 14.8 Å². The Morgan fingerprint density at radius 3 is 2.48 bits per heavy atom. The average Bonchev–Trinajstić information content (AvgIpc) is 3.11. The molecule has 1 amide bonds. The SMILES string of the molecule is O=C(NC1CC1)C1CCCN1S(=O)(=O)c1ccc(Cl)cc1. The molecule has 2 fully saturated rings. The molecule has 5 nitrogen and oxygen atoms in total. The van der Waals surface area contributed by atoms with Crippen molar-refractivity contribution in [3.63, 3.8) is 0 Å². The summed E-state index contributed by atoms with van der Waals surface area (Å²) in [4.78, 5) is 12.4. The molecule has 1 aliphatic heterocycles. The molecule has 0 bridgehead atoms. The Labute approximate surface area is 129 Å². The van der Waals surface area contributed by atoms with Crippen LogP contribution in [0.3, 0.4) is 0 Å². The summed E-state index contributed by atoms with van der Waals surface area (Å²) in [5.74, 6) is -0.174. The Hall–Kier alpha value is -1.11. The maximum absolute atomic E-state index is 12.7. The maximum atomic E-state index is 12.7. The molecule has 21 heavy (non-hydrogen) atoms. The highest BCUT2D eigenvalue weighted by Gasteiger charge is 2.40. The summed E-state index contributed by atoms with van der Waals surface area (Å²) in [6.07, 6.45) is 3.26. The van der Waals surface area contributed by atoms with Gasteiger partial charge in [-0.05, 0) is 49.9 Å². The van der Waals surface area contributed by atoms with Crippen LogP contribution in [0.2, 0.25) is 5.02 Å². The molecule has 1 aromatic rings. The van der Waals surface area contributed by atoms with Gasteiger partial charge in [-0.25, -0.2) is 8.42 Å². The summed E-state index contributed by atoms with van der Waals surface area (Å²) < 4.78 is 26.6. The fourth-order valence-electron chi connectivity index (χ4n) is 2.56. The Morgan fingerprint density at radius 1 is 1.19 bits per heavy atom. The highest BCUT2D eigenvalue weighted by molar-refractivity contribution is 7.89. The van der Waals surface area contributed by atoms with E-state index in [4.69, 9.17) is 11.6 Å². The predicted octanol–water partition coefficient (Wildman–Crippen LogP) is 1.77. The zero-order valence-corrected chi connectivity index (χ0v) is 13.0. The van der Waals surface area contributed by atoms with E-state index >= 15 is 0 Å². The monoisotopic (exact) mass is 328 g/mol. The number of carbonyl (C=O) groups excluding carboxylic acids is 1. The van der Waals surface area contributed by atoms with Crippen LogP contribution in [0.1, 0.15) is 25.7 Å². The van der Waals surface area contributed by atoms with E-state index in [-0.39, 0.29) is 16.8 Å². The number of halogens is 1. The lowest BCUT2D eigenvalue weighted by Crippen LogP contribution is -2.46. The van der Waals surface area contributed by atoms with E-state index in [0.717, 1.165) is 12.8 Å². The molecule has 114 valence electrons. The van der Waals surface area contributed by atoms with Gasteiger partial charge in [0.05, 0.1) is 4.90 Å². The zero-order valence-electron chi connectivity index (χ0n) is 11.5. The van der Waals surface area contributed by atoms with E-state index in [1.165, 1.54) is 16.4 Å². The van der Waals surface area contributed by atoms with Crippen molar-refractivity contribution < 1.29 is 13.2 Å². The molecule has 1 atom stereocenters. The third-order valence-electron chi connectivity index (χ3n) is 3.85. The normalized spacial score (nSPS) is 23.2. The molecule has 2 aliphatic rings. The van der Waals surface area contributed by atoms with Crippen molar-refractivity contribution >= 4 is 27.5 Å². The van der Waals surface area contributed by atoms with Gasteiger partial charge < -0.3 is 5.32 Å². The van der Waals surface area contributed by atoms with Crippen molar-refractivity contribution in [2.24, 2.45) is 0 Å². The lowest BCUT2D eigenvalue weighted by Gasteiger charge is -2.23. The Morgan fingerprint density at radius 2 is 1.86 bits per heavy atom. The van der Waals surface area contributed by atoms with Crippen molar-refractivity contribution in [3.8, 4) is 0 Å². The van der Waals surface area contributed by atoms with Crippen molar-refractivity contribution in [3.05, 3.63) is 29.3 Å². The average molecular weight is 329 g/mol. The lowest BCUT2D eigenvalue weighted by atomic mass is 10.2. The standard InChI is InChI=1S/C14H17ClN2O3S/c15-10-3-7-12(8-4-10)21(19,20)17-9-1-2-13(17)14(18)16-11-5-6-11/h3-4,7-8,11,13H,1-2,5-6,9H2,(H,16,18). The third kappa shape index (κ3) is 3.07. The first-order valence-electron chi connectivity index (χ1n) is 7.06. The van der Waals surface area contributed by atoms with Crippen LogP contribution in [0.4, 0.5) is 0 Å². The third-order valence-corrected chi connectivity index (χ3v) is 6.02. The second kappa shape index (κ2) is 5.59. The number of amides is 1. The van der Waals surface area contributed by atoms with Crippen LogP contribution in [0, 0.1) is 0 Å². The predicted molar refractivity (Wildman–Crippen MR) is 79.5 cm³/mol. The molecular weight excluding hydrogens is 312 g/mol. The molecule has 1 saturated heterocycles. The van der Waals surface area contributed by atoms with E-state index < -0.39 is 16.1 Å². The van der Waals surface area contributed by atoms with Crippen LogP contribution in [0.25, 0.3) is 0 Å². The Kier molecular flexibility index (Phi) is 3.94. The highest BCUT2D eigenvalue weighted by atomic mass is 35.5. The lowest BCUT2D eigenvalue weighted by molar-refractivity contribution is -0.124. The van der Waals surface area contributed by atoms with Crippen LogP contribution < -0.4 is 5.32 Å². The first-order chi connectivity index (χ1) is 9.98. The highest BCUT2D eigenvalue weighted by Crippen LogP contribution is 2.28. The van der Waals surface area contributed by atoms with Crippen molar-refractivity contribution in [1.29, 1.82) is 0 Å². The number of hydrogen-bond acceptors (Lipinski definition) is 3. The molecule has 3 rings (SSSR count). The maximum Gasteiger partial charge on any atom is 0.243 e. The minimum Gasteiger partial charge on any atom is -0.352 e. The Bertz CT molecular complexity index is 641. The van der Waals surface area contributed by atoms with E-state index in [1.807, 2.05) is 0 Å². The number of nitrogens with one attached hydrogen (secondary N) is 1. The molecule has 1 N–H and O–H groups in total. The number of rotatable bonds is 4. The van der Waals surface area contributed by atoms with Gasteiger partial charge in [0.15, 0.2) is 0 Å². The first-order valence-corrected chi connectivity index (χ1v) is 8.88. The molecular formula is C14H17ClN2O3S. The summed E-state index contributed by atoms with van der Waals surface area (Å²) in [5.41, 5.74) is 0. The summed E-state index contributed by atoms with van der Waals surface area (Å²) in [7, 11) is -3.65. The van der Waals surface area contributed by atoms with Gasteiger partial charge in [-0.3, -0.25) is 4.79 Å². The van der Waals surface area contributed by atoms with Crippen LogP contribution in [0.5, 0.6) is 0 Å². The molecule has 0 aromatic heterocycles. The van der Waals surface area contributed by atoms with E-state index in [2.05, 4.69) is 5.32 Å². The smallest absolute Gasteiger partial charge is 0.243 e. The van der Waals surface area contributed by atoms with E-state index in [0.29, 0.717) is 24.4 Å². The van der Waals surface area contributed by atoms with Crippen molar-refractivity contribution in [2.75, 3.05) is 6.54 Å². The molecule has 1 heterocycles. The second-order valence-electron chi connectivity index (χ2n) is 5.51. The van der Waals surface area contributed by atoms with Gasteiger partial charge >= 0.3 is 0 Å². The van der Waals surface area contributed by atoms with Gasteiger partial charge in [0, 0.05) is 17.6 Å². The first kappa shape index (κ1) is 14.8. The van der Waals surface area contributed by atoms with Crippen molar-refractivity contribution in [1.82, 2.24) is 9.62 Å². The zero-order chi connectivity index (χ0) is 15.0. The van der Waals surface area contributed by atoms with Gasteiger partial charge in [0.25, 0.3) is 0 Å². The molecule has 0 spiro atoms. The van der Waals surface area contributed by atoms with Gasteiger partial charge in [-0.15, -0.1) is 0 Å². The molecule has 1 aromatic carbocycles. The molecule has 0 radical (unpaired) electrons. The van der Waals surface area contributed by atoms with Gasteiger partial charge in [0.1, 0.15) is 6.04 Å². The summed E-state index contributed by atoms with van der Waals surface area (Å²) in [5, 5.41) is 3.38. The summed E-state index contributed by atoms with van der Waals surface area (Å²) in [6.45, 7) is 0.383. The summed E-state index contributed by atoms with van der Waals surface area (Å²) in [6, 6.07) is 5.69. The quantitative estimate of drug-likeness (QED) is 0.916. The number of hydrogen-bond donors (Lipinski definition) is 1. The number of sulfonamides is 1. The molecule has 1 unspecified atom stereocenters. The van der Waals surface area contributed by atoms with Crippen LogP contribution >= 0.6 is 11.6 Å². The van der Waals surface area contributed by atoms with E-state index in [9.17, 15) is 13.2 Å². The largest absolute Gasteiger partial charge is 0.352 e. The molecule has 1 saturated carbocycles. The number of carbonyl (C=O) groups is 1. The van der Waals surface area contributed by atoms with Gasteiger partial charge in [-0.1, -0.05) is 11.6 Å². The fraction of sp³-hybridized carbons (Fsp3) is 0.500. The van der Waals surface area contributed by atoms with Gasteiger partial charge in [0.2, 0.25) is 15.9 Å². The van der Waals surface area contributed by atoms with E-state index in [1.54, 1.807) is 12.1 Å². The number of nitrogens with zero attached hydrogens (tertiary/aromatic N) is 1. The fourth-order valence-corrected chi connectivity index (χ4v) is 4.34. The second-order valence-corrected chi connectivity index (χ2v) is 7.84. The minimum atomic E-state index is -3.65. The van der Waals surface area contributed by atoms with Crippen molar-refractivity contribution in [2.45, 2.75) is 42.7 Å². The number of benzene rings is 1. The van der Waals surface area contributed by atoms with Crippen LogP contribution in [-0.4, -0.2) is 37.3 Å². The molecule has 7 heteroatoms.